The summed E-state index contributed by atoms with van der Waals surface area (Å²) in [4.78, 5) is 9.98. The molecule has 75 valence electrons. The highest BCUT2D eigenvalue weighted by Crippen LogP contribution is 2.29. The van der Waals surface area contributed by atoms with Gasteiger partial charge in [0.25, 0.3) is 0 Å². The van der Waals surface area contributed by atoms with E-state index in [2.05, 4.69) is 6.92 Å². The standard InChI is InChI=1S/C11H19O2/c1-2-3-4-10-5-7-11(8-6-10)13-9-12/h10-11H,2-8H2,1H3. The highest BCUT2D eigenvalue weighted by molar-refractivity contribution is 5.38. The first-order chi connectivity index (χ1) is 6.36. The third-order valence-corrected chi connectivity index (χ3v) is 2.97. The lowest BCUT2D eigenvalue weighted by atomic mass is 9.84. The van der Waals surface area contributed by atoms with Crippen LogP contribution in [0, 0.1) is 5.92 Å². The van der Waals surface area contributed by atoms with Crippen LogP contribution in [0.5, 0.6) is 0 Å². The number of carbonyl (C=O) groups excluding carboxylic acids is 1. The maximum Gasteiger partial charge on any atom is 0.417 e. The number of unbranched alkanes of at least 4 members (excludes halogenated alkanes) is 1. The van der Waals surface area contributed by atoms with E-state index in [9.17, 15) is 4.79 Å². The Hall–Kier alpha value is -0.530. The van der Waals surface area contributed by atoms with E-state index in [1.807, 2.05) is 0 Å². The summed E-state index contributed by atoms with van der Waals surface area (Å²) < 4.78 is 4.83. The lowest BCUT2D eigenvalue weighted by molar-refractivity contribution is 0.111. The maximum atomic E-state index is 9.98. The maximum absolute atomic E-state index is 9.98. The van der Waals surface area contributed by atoms with E-state index in [-0.39, 0.29) is 6.10 Å². The fourth-order valence-corrected chi connectivity index (χ4v) is 2.10. The van der Waals surface area contributed by atoms with Crippen LogP contribution in [0.3, 0.4) is 0 Å². The van der Waals surface area contributed by atoms with E-state index in [0.717, 1.165) is 18.8 Å². The van der Waals surface area contributed by atoms with E-state index in [4.69, 9.17) is 4.74 Å². The molecule has 0 N–H and O–H groups in total. The summed E-state index contributed by atoms with van der Waals surface area (Å²) in [5.74, 6) is 0.881. The van der Waals surface area contributed by atoms with Gasteiger partial charge >= 0.3 is 6.47 Å². The van der Waals surface area contributed by atoms with E-state index in [0.29, 0.717) is 0 Å². The van der Waals surface area contributed by atoms with E-state index >= 15 is 0 Å². The minimum Gasteiger partial charge on any atom is -0.454 e. The lowest BCUT2D eigenvalue weighted by Crippen LogP contribution is -2.21. The number of hydrogen-bond donors (Lipinski definition) is 0. The Morgan fingerprint density at radius 1 is 1.31 bits per heavy atom. The van der Waals surface area contributed by atoms with Crippen molar-refractivity contribution in [2.75, 3.05) is 0 Å². The second kappa shape index (κ2) is 6.01. The van der Waals surface area contributed by atoms with Crippen molar-refractivity contribution >= 4 is 6.47 Å². The molecule has 0 aromatic heterocycles. The summed E-state index contributed by atoms with van der Waals surface area (Å²) in [5, 5.41) is 0. The van der Waals surface area contributed by atoms with Gasteiger partial charge in [-0.15, -0.1) is 0 Å². The molecule has 1 radical (unpaired) electrons. The zero-order chi connectivity index (χ0) is 9.52. The predicted molar refractivity (Wildman–Crippen MR) is 52.0 cm³/mol. The lowest BCUT2D eigenvalue weighted by Gasteiger charge is -2.26. The third kappa shape index (κ3) is 3.79. The molecule has 0 unspecified atom stereocenters. The van der Waals surface area contributed by atoms with Gasteiger partial charge in [-0.25, -0.2) is 4.79 Å². The predicted octanol–water partition coefficient (Wildman–Crippen LogP) is 2.82. The van der Waals surface area contributed by atoms with Crippen molar-refractivity contribution in [1.29, 1.82) is 0 Å². The Bertz CT molecular complexity index is 137. The molecule has 1 aliphatic carbocycles. The molecule has 0 aromatic carbocycles. The molecule has 0 saturated heterocycles. The zero-order valence-corrected chi connectivity index (χ0v) is 8.42. The van der Waals surface area contributed by atoms with Crippen LogP contribution in [0.25, 0.3) is 0 Å². The van der Waals surface area contributed by atoms with Crippen LogP contribution in [0.4, 0.5) is 0 Å². The normalized spacial score (nSPS) is 28.4. The van der Waals surface area contributed by atoms with Gasteiger partial charge < -0.3 is 4.74 Å². The summed E-state index contributed by atoms with van der Waals surface area (Å²) >= 11 is 0. The summed E-state index contributed by atoms with van der Waals surface area (Å²) in [6.45, 7) is 3.78. The van der Waals surface area contributed by atoms with E-state index < -0.39 is 0 Å². The molecule has 1 aliphatic rings. The molecule has 0 spiro atoms. The molecule has 1 fully saturated rings. The Labute approximate surface area is 80.7 Å². The van der Waals surface area contributed by atoms with Gasteiger partial charge in [-0.3, -0.25) is 0 Å². The average Bonchev–Trinajstić information content (AvgIpc) is 2.17. The van der Waals surface area contributed by atoms with E-state index in [1.54, 1.807) is 6.47 Å². The minimum atomic E-state index is 0.162. The van der Waals surface area contributed by atoms with Gasteiger partial charge in [-0.1, -0.05) is 26.2 Å². The summed E-state index contributed by atoms with van der Waals surface area (Å²) in [7, 11) is 0. The van der Waals surface area contributed by atoms with Crippen molar-refractivity contribution in [1.82, 2.24) is 0 Å². The monoisotopic (exact) mass is 183 g/mol. The molecule has 0 heterocycles. The van der Waals surface area contributed by atoms with Crippen LogP contribution in [0.15, 0.2) is 0 Å². The highest BCUT2D eigenvalue weighted by atomic mass is 16.5. The van der Waals surface area contributed by atoms with Gasteiger partial charge in [-0.05, 0) is 31.6 Å². The number of hydrogen-bond acceptors (Lipinski definition) is 2. The summed E-state index contributed by atoms with van der Waals surface area (Å²) in [5.41, 5.74) is 0. The van der Waals surface area contributed by atoms with Gasteiger partial charge in [-0.2, -0.15) is 0 Å². The van der Waals surface area contributed by atoms with Crippen LogP contribution in [0.1, 0.15) is 51.9 Å². The summed E-state index contributed by atoms with van der Waals surface area (Å²) in [6.07, 6.45) is 8.70. The number of ether oxygens (including phenoxy) is 1. The van der Waals surface area contributed by atoms with Gasteiger partial charge in [0.2, 0.25) is 0 Å². The quantitative estimate of drug-likeness (QED) is 0.655. The molecule has 1 saturated carbocycles. The second-order valence-corrected chi connectivity index (χ2v) is 3.99. The number of rotatable bonds is 5. The van der Waals surface area contributed by atoms with Gasteiger partial charge in [0.15, 0.2) is 0 Å². The molecular formula is C11H19O2. The molecule has 0 atom stereocenters. The van der Waals surface area contributed by atoms with Gasteiger partial charge in [0.1, 0.15) is 6.10 Å². The molecule has 1 rings (SSSR count). The first-order valence-corrected chi connectivity index (χ1v) is 5.39. The first-order valence-electron chi connectivity index (χ1n) is 5.39. The van der Waals surface area contributed by atoms with Crippen LogP contribution in [-0.2, 0) is 9.53 Å². The smallest absolute Gasteiger partial charge is 0.417 e. The molecule has 0 aliphatic heterocycles. The van der Waals surface area contributed by atoms with Crippen molar-refractivity contribution in [3.63, 3.8) is 0 Å². The molecule has 13 heavy (non-hydrogen) atoms. The Morgan fingerprint density at radius 2 is 2.00 bits per heavy atom. The van der Waals surface area contributed by atoms with Crippen molar-refractivity contribution in [3.8, 4) is 0 Å². The molecule has 2 heteroatoms. The highest BCUT2D eigenvalue weighted by Gasteiger charge is 2.21. The molecule has 0 bridgehead atoms. The topological polar surface area (TPSA) is 26.3 Å². The van der Waals surface area contributed by atoms with Crippen LogP contribution < -0.4 is 0 Å². The Morgan fingerprint density at radius 3 is 2.54 bits per heavy atom. The summed E-state index contributed by atoms with van der Waals surface area (Å²) in [6, 6.07) is 0. The fourth-order valence-electron chi connectivity index (χ4n) is 2.10. The van der Waals surface area contributed by atoms with Crippen molar-refractivity contribution in [2.24, 2.45) is 5.92 Å². The fraction of sp³-hybridized carbons (Fsp3) is 0.909. The first kappa shape index (κ1) is 10.6. The van der Waals surface area contributed by atoms with Crippen molar-refractivity contribution in [2.45, 2.75) is 58.0 Å². The van der Waals surface area contributed by atoms with Crippen LogP contribution >= 0.6 is 0 Å². The second-order valence-electron chi connectivity index (χ2n) is 3.99. The Balaban J connectivity index is 2.11. The van der Waals surface area contributed by atoms with Crippen LogP contribution in [0.2, 0.25) is 0 Å². The average molecular weight is 183 g/mol. The Kier molecular flexibility index (Phi) is 4.87. The van der Waals surface area contributed by atoms with Gasteiger partial charge in [0.05, 0.1) is 0 Å². The van der Waals surface area contributed by atoms with Crippen LogP contribution in [-0.4, -0.2) is 12.6 Å². The van der Waals surface area contributed by atoms with Crippen molar-refractivity contribution in [3.05, 3.63) is 0 Å². The minimum absolute atomic E-state index is 0.162. The molecule has 0 amide bonds. The third-order valence-electron chi connectivity index (χ3n) is 2.97. The SMILES string of the molecule is CCCCC1CCC(O[C]=O)CC1. The van der Waals surface area contributed by atoms with Crippen molar-refractivity contribution < 1.29 is 9.53 Å². The largest absolute Gasteiger partial charge is 0.454 e. The zero-order valence-electron chi connectivity index (χ0n) is 8.42. The van der Waals surface area contributed by atoms with E-state index in [1.165, 1.54) is 32.1 Å². The molecule has 2 nitrogen and oxygen atoms in total. The molecular weight excluding hydrogens is 164 g/mol. The molecule has 0 aromatic rings. The van der Waals surface area contributed by atoms with Gasteiger partial charge in [0, 0.05) is 0 Å².